The predicted molar refractivity (Wildman–Crippen MR) is 98.4 cm³/mol. The molecule has 0 atom stereocenters. The van der Waals surface area contributed by atoms with Gasteiger partial charge in [-0.1, -0.05) is 0 Å². The van der Waals surface area contributed by atoms with Crippen LogP contribution in [0.25, 0.3) is 0 Å². The Balaban J connectivity index is 2.28. The first-order valence-corrected chi connectivity index (χ1v) is 8.32. The minimum absolute atomic E-state index is 0.165. The molecule has 6 nitrogen and oxygen atoms in total. The zero-order valence-corrected chi connectivity index (χ0v) is 15.2. The molecule has 138 valence electrons. The van der Waals surface area contributed by atoms with Crippen molar-refractivity contribution in [3.63, 3.8) is 0 Å². The van der Waals surface area contributed by atoms with Crippen molar-refractivity contribution in [1.82, 2.24) is 4.98 Å². The van der Waals surface area contributed by atoms with Crippen LogP contribution in [-0.2, 0) is 0 Å². The quantitative estimate of drug-likeness (QED) is 0.821. The van der Waals surface area contributed by atoms with E-state index in [0.29, 0.717) is 5.82 Å². The molecule has 0 aliphatic rings. The highest BCUT2D eigenvalue weighted by Crippen LogP contribution is 2.19. The maximum absolute atomic E-state index is 13.8. The van der Waals surface area contributed by atoms with Gasteiger partial charge in [-0.25, -0.2) is 14.2 Å². The smallest absolute Gasteiger partial charge is 0.338 e. The van der Waals surface area contributed by atoms with Crippen molar-refractivity contribution in [1.29, 1.82) is 0 Å². The van der Waals surface area contributed by atoms with E-state index in [4.69, 9.17) is 5.11 Å². The number of nitrogens with one attached hydrogen (secondary N) is 1. The van der Waals surface area contributed by atoms with Crippen molar-refractivity contribution in [2.24, 2.45) is 0 Å². The second-order valence-electron chi connectivity index (χ2n) is 6.22. The Morgan fingerprint density at radius 1 is 1.27 bits per heavy atom. The zero-order chi connectivity index (χ0) is 19.4. The summed E-state index contributed by atoms with van der Waals surface area (Å²) in [6.07, 6.45) is 0. The number of aromatic carboxylic acids is 1. The Kier molecular flexibility index (Phi) is 5.92. The number of carbonyl (C=O) groups excluding carboxylic acids is 1. The molecule has 26 heavy (non-hydrogen) atoms. The van der Waals surface area contributed by atoms with Crippen LogP contribution in [0.4, 0.5) is 15.9 Å². The standard InChI is InChI=1S/C19H22FN3O3/c1-5-23(11(2)3)17-9-12(4)8-16(22-17)18(24)21-13-6-7-14(19(25)26)15(20)10-13/h6-11H,5H2,1-4H3,(H,21,24)(H,25,26). The first-order valence-electron chi connectivity index (χ1n) is 8.32. The summed E-state index contributed by atoms with van der Waals surface area (Å²) in [6, 6.07) is 7.21. The summed E-state index contributed by atoms with van der Waals surface area (Å²) in [6.45, 7) is 8.71. The summed E-state index contributed by atoms with van der Waals surface area (Å²) in [5.74, 6) is -2.07. The number of anilines is 2. The summed E-state index contributed by atoms with van der Waals surface area (Å²) in [5, 5.41) is 11.4. The lowest BCUT2D eigenvalue weighted by molar-refractivity contribution is 0.0692. The van der Waals surface area contributed by atoms with E-state index in [9.17, 15) is 14.0 Å². The van der Waals surface area contributed by atoms with E-state index >= 15 is 0 Å². The molecule has 0 saturated carbocycles. The van der Waals surface area contributed by atoms with Gasteiger partial charge in [-0.3, -0.25) is 4.79 Å². The van der Waals surface area contributed by atoms with Gasteiger partial charge in [-0.15, -0.1) is 0 Å². The summed E-state index contributed by atoms with van der Waals surface area (Å²) < 4.78 is 13.8. The number of hydrogen-bond acceptors (Lipinski definition) is 4. The maximum Gasteiger partial charge on any atom is 0.338 e. The number of carboxylic acid groups (broad SMARTS) is 1. The number of carbonyl (C=O) groups is 2. The minimum atomic E-state index is -1.36. The molecule has 2 rings (SSSR count). The molecule has 0 aliphatic carbocycles. The average Bonchev–Trinajstić information content (AvgIpc) is 2.54. The van der Waals surface area contributed by atoms with E-state index in [-0.39, 0.29) is 17.4 Å². The molecule has 0 aliphatic heterocycles. The first kappa shape index (κ1) is 19.4. The fraction of sp³-hybridized carbons (Fsp3) is 0.316. The molecule has 2 aromatic rings. The molecule has 1 heterocycles. The lowest BCUT2D eigenvalue weighted by Gasteiger charge is -2.27. The number of rotatable bonds is 6. The molecule has 7 heteroatoms. The Labute approximate surface area is 151 Å². The van der Waals surface area contributed by atoms with E-state index < -0.39 is 23.3 Å². The Bertz CT molecular complexity index is 837. The highest BCUT2D eigenvalue weighted by Gasteiger charge is 2.16. The Hall–Kier alpha value is -2.96. The van der Waals surface area contributed by atoms with Crippen molar-refractivity contribution >= 4 is 23.4 Å². The Morgan fingerprint density at radius 2 is 1.96 bits per heavy atom. The van der Waals surface area contributed by atoms with Gasteiger partial charge >= 0.3 is 5.97 Å². The van der Waals surface area contributed by atoms with Crippen LogP contribution in [0, 0.1) is 12.7 Å². The molecule has 0 fully saturated rings. The van der Waals surface area contributed by atoms with Crippen molar-refractivity contribution in [3.05, 3.63) is 53.0 Å². The SMILES string of the molecule is CCN(c1cc(C)cc(C(=O)Nc2ccc(C(=O)O)c(F)c2)n1)C(C)C. The van der Waals surface area contributed by atoms with Crippen LogP contribution in [0.5, 0.6) is 0 Å². The second-order valence-corrected chi connectivity index (χ2v) is 6.22. The van der Waals surface area contributed by atoms with Gasteiger partial charge in [0, 0.05) is 18.3 Å². The third-order valence-electron chi connectivity index (χ3n) is 3.90. The van der Waals surface area contributed by atoms with Crippen LogP contribution in [0.1, 0.15) is 47.2 Å². The number of halogens is 1. The topological polar surface area (TPSA) is 82.5 Å². The number of aryl methyl sites for hydroxylation is 1. The van der Waals surface area contributed by atoms with Gasteiger partial charge in [0.2, 0.25) is 0 Å². The molecule has 1 aromatic heterocycles. The number of carboxylic acids is 1. The Morgan fingerprint density at radius 3 is 2.50 bits per heavy atom. The summed E-state index contributed by atoms with van der Waals surface area (Å²) in [7, 11) is 0. The van der Waals surface area contributed by atoms with E-state index in [1.807, 2.05) is 33.8 Å². The van der Waals surface area contributed by atoms with E-state index in [1.54, 1.807) is 6.07 Å². The van der Waals surface area contributed by atoms with E-state index in [1.165, 1.54) is 6.07 Å². The van der Waals surface area contributed by atoms with Gasteiger partial charge in [-0.05, 0) is 63.6 Å². The van der Waals surface area contributed by atoms with Gasteiger partial charge in [0.25, 0.3) is 5.91 Å². The van der Waals surface area contributed by atoms with Crippen LogP contribution in [0.15, 0.2) is 30.3 Å². The summed E-state index contributed by atoms with van der Waals surface area (Å²) in [4.78, 5) is 29.8. The lowest BCUT2D eigenvalue weighted by Crippen LogP contribution is -2.31. The van der Waals surface area contributed by atoms with Crippen molar-refractivity contribution in [3.8, 4) is 0 Å². The molecule has 0 spiro atoms. The van der Waals surface area contributed by atoms with Crippen molar-refractivity contribution < 1.29 is 19.1 Å². The number of hydrogen-bond donors (Lipinski definition) is 2. The number of amides is 1. The van der Waals surface area contributed by atoms with E-state index in [2.05, 4.69) is 15.2 Å². The average molecular weight is 359 g/mol. The highest BCUT2D eigenvalue weighted by molar-refractivity contribution is 6.03. The van der Waals surface area contributed by atoms with E-state index in [0.717, 1.165) is 24.2 Å². The number of nitrogens with zero attached hydrogens (tertiary/aromatic N) is 2. The molecule has 0 saturated heterocycles. The fourth-order valence-electron chi connectivity index (χ4n) is 2.67. The molecule has 2 N–H and O–H groups in total. The van der Waals surface area contributed by atoms with Crippen molar-refractivity contribution in [2.75, 3.05) is 16.8 Å². The van der Waals surface area contributed by atoms with Crippen LogP contribution < -0.4 is 10.2 Å². The minimum Gasteiger partial charge on any atom is -0.478 e. The van der Waals surface area contributed by atoms with Crippen molar-refractivity contribution in [2.45, 2.75) is 33.7 Å². The van der Waals surface area contributed by atoms with Crippen LogP contribution in [0.3, 0.4) is 0 Å². The molecule has 1 aromatic carbocycles. The fourth-order valence-corrected chi connectivity index (χ4v) is 2.67. The third kappa shape index (κ3) is 4.36. The van der Waals surface area contributed by atoms with Gasteiger partial charge in [0.1, 0.15) is 17.3 Å². The monoisotopic (exact) mass is 359 g/mol. The van der Waals surface area contributed by atoms with Gasteiger partial charge in [0.15, 0.2) is 0 Å². The summed E-state index contributed by atoms with van der Waals surface area (Å²) in [5.41, 5.74) is 0.807. The molecular formula is C19H22FN3O3. The predicted octanol–water partition coefficient (Wildman–Crippen LogP) is 3.71. The second kappa shape index (κ2) is 7.95. The number of aromatic nitrogens is 1. The highest BCUT2D eigenvalue weighted by atomic mass is 19.1. The summed E-state index contributed by atoms with van der Waals surface area (Å²) >= 11 is 0. The largest absolute Gasteiger partial charge is 0.478 e. The maximum atomic E-state index is 13.8. The normalized spacial score (nSPS) is 10.7. The van der Waals surface area contributed by atoms with Gasteiger partial charge in [-0.2, -0.15) is 0 Å². The molecule has 0 unspecified atom stereocenters. The van der Waals surface area contributed by atoms with Crippen LogP contribution in [-0.4, -0.2) is 34.6 Å². The molecular weight excluding hydrogens is 337 g/mol. The van der Waals surface area contributed by atoms with Gasteiger partial charge < -0.3 is 15.3 Å². The van der Waals surface area contributed by atoms with Gasteiger partial charge in [0.05, 0.1) is 5.56 Å². The molecule has 0 bridgehead atoms. The van der Waals surface area contributed by atoms with Crippen LogP contribution >= 0.6 is 0 Å². The number of benzene rings is 1. The zero-order valence-electron chi connectivity index (χ0n) is 15.2. The van der Waals surface area contributed by atoms with Crippen LogP contribution in [0.2, 0.25) is 0 Å². The molecule has 0 radical (unpaired) electrons. The lowest BCUT2D eigenvalue weighted by atomic mass is 10.2. The number of pyridine rings is 1. The first-order chi connectivity index (χ1) is 12.2. The third-order valence-corrected chi connectivity index (χ3v) is 3.90. The molecule has 1 amide bonds.